The number of anilines is 1. The Morgan fingerprint density at radius 3 is 2.56 bits per heavy atom. The molecule has 0 spiro atoms. The molecule has 1 aliphatic heterocycles. The predicted octanol–water partition coefficient (Wildman–Crippen LogP) is 3.10. The van der Waals surface area contributed by atoms with Crippen LogP contribution in [0.5, 0.6) is 0 Å². The molecule has 5 rings (SSSR count). The van der Waals surface area contributed by atoms with Gasteiger partial charge in [-0.3, -0.25) is 4.79 Å². The Balaban J connectivity index is 1.36. The maximum absolute atomic E-state index is 13.5. The van der Waals surface area contributed by atoms with Crippen molar-refractivity contribution in [3.05, 3.63) is 59.8 Å². The Morgan fingerprint density at radius 1 is 1.12 bits per heavy atom. The summed E-state index contributed by atoms with van der Waals surface area (Å²) >= 11 is 0. The van der Waals surface area contributed by atoms with Crippen molar-refractivity contribution in [3.63, 3.8) is 0 Å². The van der Waals surface area contributed by atoms with E-state index in [4.69, 9.17) is 0 Å². The van der Waals surface area contributed by atoms with E-state index in [2.05, 4.69) is 25.5 Å². The van der Waals surface area contributed by atoms with Crippen LogP contribution in [0.1, 0.15) is 34.5 Å². The fourth-order valence-electron chi connectivity index (χ4n) is 4.64. The van der Waals surface area contributed by atoms with Crippen molar-refractivity contribution in [2.24, 2.45) is 5.92 Å². The van der Waals surface area contributed by atoms with Gasteiger partial charge in [0.25, 0.3) is 5.91 Å². The van der Waals surface area contributed by atoms with Crippen molar-refractivity contribution in [2.45, 2.75) is 38.0 Å². The Kier molecular flexibility index (Phi) is 4.83. The quantitative estimate of drug-likeness (QED) is 0.667. The van der Waals surface area contributed by atoms with Crippen molar-refractivity contribution >= 4 is 11.7 Å². The maximum Gasteiger partial charge on any atom is 0.434 e. The summed E-state index contributed by atoms with van der Waals surface area (Å²) in [6.07, 6.45) is 2.03. The van der Waals surface area contributed by atoms with E-state index in [0.29, 0.717) is 29.9 Å². The molecule has 2 fully saturated rings. The van der Waals surface area contributed by atoms with E-state index in [1.807, 2.05) is 24.0 Å². The SMILES string of the molecule is Cc1ccc(C(=O)N2C[C@@H]3C[C@@H](Nc4cnc(C(F)(F)F)cn4)[C@@H]2C3)c(-n2nccn2)c1. The second-order valence-corrected chi connectivity index (χ2v) is 8.24. The Hall–Kier alpha value is -3.50. The standard InChI is InChI=1S/C21H20F3N7O/c1-12-2-3-14(16(6-12)31-27-4-5-28-31)20(32)30-11-13-7-15(17(30)8-13)29-19-10-25-18(9-26-19)21(22,23)24/h2-6,9-10,13,15,17H,7-8,11H2,1H3,(H,26,29)/t13-,15-,17+/m1/s1. The van der Waals surface area contributed by atoms with E-state index >= 15 is 0 Å². The Morgan fingerprint density at radius 2 is 1.91 bits per heavy atom. The number of aromatic nitrogens is 5. The first-order valence-corrected chi connectivity index (χ1v) is 10.2. The lowest BCUT2D eigenvalue weighted by Crippen LogP contribution is -2.48. The third-order valence-corrected chi connectivity index (χ3v) is 6.04. The van der Waals surface area contributed by atoms with Crippen LogP contribution in [-0.2, 0) is 6.18 Å². The van der Waals surface area contributed by atoms with Crippen LogP contribution in [0.4, 0.5) is 19.0 Å². The summed E-state index contributed by atoms with van der Waals surface area (Å²) in [6.45, 7) is 2.57. The lowest BCUT2D eigenvalue weighted by molar-refractivity contribution is -0.141. The minimum Gasteiger partial charge on any atom is -0.364 e. The summed E-state index contributed by atoms with van der Waals surface area (Å²) in [4.78, 5) is 24.1. The van der Waals surface area contributed by atoms with Crippen LogP contribution < -0.4 is 5.32 Å². The van der Waals surface area contributed by atoms with Gasteiger partial charge in [-0.25, -0.2) is 9.97 Å². The molecular weight excluding hydrogens is 423 g/mol. The van der Waals surface area contributed by atoms with Crippen LogP contribution in [0.3, 0.4) is 0 Å². The lowest BCUT2D eigenvalue weighted by atomic mass is 10.0. The second-order valence-electron chi connectivity index (χ2n) is 8.24. The number of alkyl halides is 3. The number of aryl methyl sites for hydroxylation is 1. The summed E-state index contributed by atoms with van der Waals surface area (Å²) in [5.74, 6) is 0.468. The number of amides is 1. The molecule has 2 bridgehead atoms. The average molecular weight is 443 g/mol. The van der Waals surface area contributed by atoms with Crippen LogP contribution in [0.2, 0.25) is 0 Å². The molecule has 11 heteroatoms. The van der Waals surface area contributed by atoms with E-state index in [1.165, 1.54) is 4.80 Å². The normalized spacial score (nSPS) is 22.4. The zero-order valence-electron chi connectivity index (χ0n) is 17.1. The Labute approximate surface area is 181 Å². The summed E-state index contributed by atoms with van der Waals surface area (Å²) in [6, 6.07) is 5.33. The third kappa shape index (κ3) is 3.67. The van der Waals surface area contributed by atoms with Crippen LogP contribution in [0.25, 0.3) is 5.69 Å². The molecule has 1 saturated heterocycles. The van der Waals surface area contributed by atoms with Gasteiger partial charge in [-0.1, -0.05) is 6.07 Å². The molecule has 166 valence electrons. The second kappa shape index (κ2) is 7.57. The summed E-state index contributed by atoms with van der Waals surface area (Å²) < 4.78 is 38.2. The molecule has 1 amide bonds. The van der Waals surface area contributed by atoms with Gasteiger partial charge in [0.15, 0.2) is 5.69 Å². The molecule has 3 heterocycles. The number of piperidine rings is 1. The number of carbonyl (C=O) groups is 1. The number of hydrogen-bond acceptors (Lipinski definition) is 6. The van der Waals surface area contributed by atoms with Crippen molar-refractivity contribution in [2.75, 3.05) is 11.9 Å². The molecule has 0 radical (unpaired) electrons. The number of fused-ring (bicyclic) bond motifs is 2. The highest BCUT2D eigenvalue weighted by molar-refractivity contribution is 5.98. The Bertz CT molecular complexity index is 1130. The molecule has 3 aromatic rings. The van der Waals surface area contributed by atoms with Gasteiger partial charge in [-0.15, -0.1) is 0 Å². The van der Waals surface area contributed by atoms with Crippen LogP contribution in [-0.4, -0.2) is 54.4 Å². The van der Waals surface area contributed by atoms with Crippen molar-refractivity contribution < 1.29 is 18.0 Å². The van der Waals surface area contributed by atoms with Crippen LogP contribution in [0, 0.1) is 12.8 Å². The van der Waals surface area contributed by atoms with Crippen molar-refractivity contribution in [1.29, 1.82) is 0 Å². The maximum atomic E-state index is 13.5. The third-order valence-electron chi connectivity index (χ3n) is 6.04. The van der Waals surface area contributed by atoms with Gasteiger partial charge in [-0.2, -0.15) is 28.2 Å². The highest BCUT2D eigenvalue weighted by Crippen LogP contribution is 2.40. The number of likely N-dealkylation sites (tertiary alicyclic amines) is 1. The number of nitrogens with one attached hydrogen (secondary N) is 1. The number of halogens is 3. The lowest BCUT2D eigenvalue weighted by Gasteiger charge is -2.34. The van der Waals surface area contributed by atoms with E-state index in [0.717, 1.165) is 24.6 Å². The first-order valence-electron chi connectivity index (χ1n) is 10.2. The molecular formula is C21H20F3N7O. The molecule has 8 nitrogen and oxygen atoms in total. The number of nitrogens with zero attached hydrogens (tertiary/aromatic N) is 6. The zero-order valence-corrected chi connectivity index (χ0v) is 17.1. The molecule has 2 aromatic heterocycles. The average Bonchev–Trinajstić information content (AvgIpc) is 3.50. The fraction of sp³-hybridized carbons (Fsp3) is 0.381. The highest BCUT2D eigenvalue weighted by Gasteiger charge is 2.47. The van der Waals surface area contributed by atoms with E-state index in [-0.39, 0.29) is 23.8 Å². The monoisotopic (exact) mass is 443 g/mol. The molecule has 32 heavy (non-hydrogen) atoms. The minimum atomic E-state index is -4.53. The predicted molar refractivity (Wildman–Crippen MR) is 108 cm³/mol. The summed E-state index contributed by atoms with van der Waals surface area (Å²) in [5.41, 5.74) is 1.07. The highest BCUT2D eigenvalue weighted by atomic mass is 19.4. The first-order chi connectivity index (χ1) is 15.3. The van der Waals surface area contributed by atoms with Gasteiger partial charge in [0.05, 0.1) is 42.1 Å². The number of carbonyl (C=O) groups excluding carboxylic acids is 1. The van der Waals surface area contributed by atoms with E-state index in [9.17, 15) is 18.0 Å². The zero-order chi connectivity index (χ0) is 22.5. The van der Waals surface area contributed by atoms with E-state index < -0.39 is 11.9 Å². The van der Waals surface area contributed by atoms with Gasteiger partial charge in [-0.05, 0) is 43.4 Å². The number of rotatable bonds is 4. The summed E-state index contributed by atoms with van der Waals surface area (Å²) in [7, 11) is 0. The van der Waals surface area contributed by atoms with Gasteiger partial charge in [0.1, 0.15) is 5.82 Å². The minimum absolute atomic E-state index is 0.0867. The smallest absolute Gasteiger partial charge is 0.364 e. The molecule has 3 atom stereocenters. The molecule has 1 aromatic carbocycles. The molecule has 1 N–H and O–H groups in total. The summed E-state index contributed by atoms with van der Waals surface area (Å²) in [5, 5.41) is 11.5. The molecule has 0 unspecified atom stereocenters. The number of benzene rings is 1. The van der Waals surface area contributed by atoms with Crippen molar-refractivity contribution in [1.82, 2.24) is 29.9 Å². The van der Waals surface area contributed by atoms with Gasteiger partial charge in [0, 0.05) is 12.6 Å². The molecule has 2 aliphatic rings. The molecule has 1 aliphatic carbocycles. The fourth-order valence-corrected chi connectivity index (χ4v) is 4.64. The van der Waals surface area contributed by atoms with Crippen LogP contribution in [0.15, 0.2) is 43.0 Å². The van der Waals surface area contributed by atoms with Gasteiger partial charge in [0.2, 0.25) is 0 Å². The van der Waals surface area contributed by atoms with Gasteiger partial charge < -0.3 is 10.2 Å². The van der Waals surface area contributed by atoms with Gasteiger partial charge >= 0.3 is 6.18 Å². The van der Waals surface area contributed by atoms with Crippen LogP contribution >= 0.6 is 0 Å². The van der Waals surface area contributed by atoms with Crippen molar-refractivity contribution in [3.8, 4) is 5.69 Å². The van der Waals surface area contributed by atoms with E-state index in [1.54, 1.807) is 18.5 Å². The number of hydrogen-bond donors (Lipinski definition) is 1. The largest absolute Gasteiger partial charge is 0.434 e. The molecule has 1 saturated carbocycles. The first kappa shape index (κ1) is 20.4. The topological polar surface area (TPSA) is 88.8 Å².